The second kappa shape index (κ2) is 3.84. The van der Waals surface area contributed by atoms with Gasteiger partial charge < -0.3 is 10.8 Å². The molecule has 74 valence electrons. The van der Waals surface area contributed by atoms with Gasteiger partial charge in [0, 0.05) is 12.1 Å². The Morgan fingerprint density at radius 3 is 2.29 bits per heavy atom. The van der Waals surface area contributed by atoms with E-state index >= 15 is 0 Å². The molecular weight excluding hydrogens is 188 g/mol. The van der Waals surface area contributed by atoms with Crippen LogP contribution in [-0.4, -0.2) is 16.0 Å². The van der Waals surface area contributed by atoms with Crippen LogP contribution in [0.5, 0.6) is 0 Å². The zero-order chi connectivity index (χ0) is 10.7. The Morgan fingerprint density at radius 2 is 1.93 bits per heavy atom. The first kappa shape index (κ1) is 10.1. The summed E-state index contributed by atoms with van der Waals surface area (Å²) in [7, 11) is 0. The van der Waals surface area contributed by atoms with Gasteiger partial charge in [-0.05, 0) is 5.56 Å². The van der Waals surface area contributed by atoms with Crippen LogP contribution in [0.1, 0.15) is 11.6 Å². The zero-order valence-corrected chi connectivity index (χ0v) is 7.08. The number of nitrogens with zero attached hydrogens (tertiary/aromatic N) is 1. The van der Waals surface area contributed by atoms with Gasteiger partial charge in [0.2, 0.25) is 0 Å². The number of aliphatic carboxylic acids is 1. The van der Waals surface area contributed by atoms with Gasteiger partial charge in [-0.15, -0.1) is 0 Å². The van der Waals surface area contributed by atoms with Gasteiger partial charge in [-0.1, -0.05) is 12.1 Å². The van der Waals surface area contributed by atoms with E-state index in [0.717, 1.165) is 0 Å². The van der Waals surface area contributed by atoms with Crippen LogP contribution in [-0.2, 0) is 4.79 Å². The lowest BCUT2D eigenvalue weighted by atomic mass is 10.1. The molecule has 0 saturated heterocycles. The average Bonchev–Trinajstić information content (AvgIpc) is 2.16. The van der Waals surface area contributed by atoms with Crippen molar-refractivity contribution in [3.8, 4) is 0 Å². The molecule has 0 aliphatic heterocycles. The SMILES string of the molecule is N[C@H](C(=O)O)c1ccc([N+](=O)[O-])cc1. The van der Waals surface area contributed by atoms with E-state index in [1.807, 2.05) is 0 Å². The minimum atomic E-state index is -1.17. The van der Waals surface area contributed by atoms with E-state index in [4.69, 9.17) is 10.8 Å². The molecule has 1 aromatic carbocycles. The van der Waals surface area contributed by atoms with Crippen LogP contribution in [0.3, 0.4) is 0 Å². The van der Waals surface area contributed by atoms with E-state index in [2.05, 4.69) is 0 Å². The Morgan fingerprint density at radius 1 is 1.43 bits per heavy atom. The van der Waals surface area contributed by atoms with Crippen LogP contribution in [0.4, 0.5) is 5.69 Å². The number of nitrogens with two attached hydrogens (primary N) is 1. The van der Waals surface area contributed by atoms with Crippen molar-refractivity contribution < 1.29 is 14.8 Å². The average molecular weight is 196 g/mol. The fourth-order valence-electron chi connectivity index (χ4n) is 0.946. The van der Waals surface area contributed by atoms with Gasteiger partial charge in [0.25, 0.3) is 5.69 Å². The molecule has 0 amide bonds. The molecule has 1 aromatic rings. The number of hydrogen-bond acceptors (Lipinski definition) is 4. The van der Waals surface area contributed by atoms with Crippen LogP contribution in [0, 0.1) is 10.1 Å². The third-order valence-electron chi connectivity index (χ3n) is 1.73. The molecule has 6 heteroatoms. The molecule has 14 heavy (non-hydrogen) atoms. The van der Waals surface area contributed by atoms with E-state index in [9.17, 15) is 14.9 Å². The quantitative estimate of drug-likeness (QED) is 0.546. The fraction of sp³-hybridized carbons (Fsp3) is 0.125. The molecule has 0 spiro atoms. The van der Waals surface area contributed by atoms with E-state index in [1.54, 1.807) is 0 Å². The molecule has 0 aliphatic carbocycles. The number of nitro groups is 1. The van der Waals surface area contributed by atoms with Crippen molar-refractivity contribution in [3.63, 3.8) is 0 Å². The number of non-ortho nitro benzene ring substituents is 1. The molecule has 0 aliphatic rings. The van der Waals surface area contributed by atoms with Crippen molar-refractivity contribution in [1.29, 1.82) is 0 Å². The molecule has 3 N–H and O–H groups in total. The second-order valence-electron chi connectivity index (χ2n) is 2.66. The van der Waals surface area contributed by atoms with Crippen LogP contribution >= 0.6 is 0 Å². The highest BCUT2D eigenvalue weighted by Gasteiger charge is 2.15. The summed E-state index contributed by atoms with van der Waals surface area (Å²) in [5, 5.41) is 18.8. The predicted molar refractivity (Wildman–Crippen MR) is 47.7 cm³/mol. The topological polar surface area (TPSA) is 106 Å². The van der Waals surface area contributed by atoms with Crippen LogP contribution in [0.25, 0.3) is 0 Å². The van der Waals surface area contributed by atoms with E-state index in [1.165, 1.54) is 24.3 Å². The van der Waals surface area contributed by atoms with Crippen molar-refractivity contribution >= 4 is 11.7 Å². The Labute approximate surface area is 79.1 Å². The molecule has 0 heterocycles. The third-order valence-corrected chi connectivity index (χ3v) is 1.73. The summed E-state index contributed by atoms with van der Waals surface area (Å²) < 4.78 is 0. The molecule has 0 unspecified atom stereocenters. The smallest absolute Gasteiger partial charge is 0.325 e. The number of benzene rings is 1. The van der Waals surface area contributed by atoms with Gasteiger partial charge in [0.1, 0.15) is 6.04 Å². The Bertz CT molecular complexity index is 360. The highest BCUT2D eigenvalue weighted by molar-refractivity contribution is 5.75. The lowest BCUT2D eigenvalue weighted by molar-refractivity contribution is -0.384. The van der Waals surface area contributed by atoms with Gasteiger partial charge >= 0.3 is 5.97 Å². The van der Waals surface area contributed by atoms with Crippen molar-refractivity contribution in [2.24, 2.45) is 5.73 Å². The third kappa shape index (κ3) is 2.05. The summed E-state index contributed by atoms with van der Waals surface area (Å²) >= 11 is 0. The number of carbonyl (C=O) groups is 1. The number of nitro benzene ring substituents is 1. The summed E-state index contributed by atoms with van der Waals surface area (Å²) in [6.07, 6.45) is 0. The molecule has 6 nitrogen and oxygen atoms in total. The van der Waals surface area contributed by atoms with Crippen LogP contribution < -0.4 is 5.73 Å². The molecule has 0 aromatic heterocycles. The van der Waals surface area contributed by atoms with E-state index in [0.29, 0.717) is 5.56 Å². The number of carboxylic acid groups (broad SMARTS) is 1. The first-order valence-corrected chi connectivity index (χ1v) is 3.75. The van der Waals surface area contributed by atoms with Crippen molar-refractivity contribution in [3.05, 3.63) is 39.9 Å². The van der Waals surface area contributed by atoms with E-state index in [-0.39, 0.29) is 5.69 Å². The zero-order valence-electron chi connectivity index (χ0n) is 7.08. The van der Waals surface area contributed by atoms with Crippen molar-refractivity contribution in [1.82, 2.24) is 0 Å². The second-order valence-corrected chi connectivity index (χ2v) is 2.66. The lowest BCUT2D eigenvalue weighted by Gasteiger charge is -2.05. The van der Waals surface area contributed by atoms with Gasteiger partial charge in [-0.3, -0.25) is 14.9 Å². The minimum Gasteiger partial charge on any atom is -0.480 e. The molecule has 1 atom stereocenters. The monoisotopic (exact) mass is 196 g/mol. The standard InChI is InChI=1S/C8H8N2O4/c9-7(8(11)12)5-1-3-6(4-2-5)10(13)14/h1-4,7H,9H2,(H,11,12)/t7-/m0/s1. The molecule has 0 fully saturated rings. The number of rotatable bonds is 3. The van der Waals surface area contributed by atoms with Crippen molar-refractivity contribution in [2.45, 2.75) is 6.04 Å². The first-order chi connectivity index (χ1) is 6.52. The van der Waals surface area contributed by atoms with E-state index < -0.39 is 16.9 Å². The lowest BCUT2D eigenvalue weighted by Crippen LogP contribution is -2.20. The van der Waals surface area contributed by atoms with Crippen molar-refractivity contribution in [2.75, 3.05) is 0 Å². The molecule has 0 saturated carbocycles. The maximum atomic E-state index is 10.5. The summed E-state index contributed by atoms with van der Waals surface area (Å²) in [5.41, 5.74) is 5.54. The number of hydrogen-bond donors (Lipinski definition) is 2. The molecular formula is C8H8N2O4. The fourth-order valence-corrected chi connectivity index (χ4v) is 0.946. The number of carboxylic acids is 1. The summed E-state index contributed by atoms with van der Waals surface area (Å²) in [6, 6.07) is 3.96. The molecule has 1 rings (SSSR count). The maximum absolute atomic E-state index is 10.5. The Hall–Kier alpha value is -1.95. The maximum Gasteiger partial charge on any atom is 0.325 e. The molecule has 0 radical (unpaired) electrons. The van der Waals surface area contributed by atoms with Gasteiger partial charge in [-0.25, -0.2) is 0 Å². The van der Waals surface area contributed by atoms with Gasteiger partial charge in [0.05, 0.1) is 4.92 Å². The minimum absolute atomic E-state index is 0.0914. The summed E-state index contributed by atoms with van der Waals surface area (Å²) in [5.74, 6) is -1.17. The largest absolute Gasteiger partial charge is 0.480 e. The highest BCUT2D eigenvalue weighted by atomic mass is 16.6. The van der Waals surface area contributed by atoms with Gasteiger partial charge in [-0.2, -0.15) is 0 Å². The first-order valence-electron chi connectivity index (χ1n) is 3.75. The normalized spacial score (nSPS) is 12.1. The Balaban J connectivity index is 2.94. The molecule has 0 bridgehead atoms. The predicted octanol–water partition coefficient (Wildman–Crippen LogP) is 0.679. The van der Waals surface area contributed by atoms with Gasteiger partial charge in [0.15, 0.2) is 0 Å². The van der Waals surface area contributed by atoms with Crippen LogP contribution in [0.15, 0.2) is 24.3 Å². The summed E-state index contributed by atoms with van der Waals surface area (Å²) in [6.45, 7) is 0. The van der Waals surface area contributed by atoms with Crippen LogP contribution in [0.2, 0.25) is 0 Å². The summed E-state index contributed by atoms with van der Waals surface area (Å²) in [4.78, 5) is 20.2. The Kier molecular flexibility index (Phi) is 2.78. The highest BCUT2D eigenvalue weighted by Crippen LogP contribution is 2.16.